The van der Waals surface area contributed by atoms with E-state index in [2.05, 4.69) is 12.2 Å². The number of hydrogen-bond acceptors (Lipinski definition) is 4. The first-order chi connectivity index (χ1) is 9.63. The van der Waals surface area contributed by atoms with Crippen LogP contribution in [-0.2, 0) is 7.05 Å². The van der Waals surface area contributed by atoms with Crippen molar-refractivity contribution in [3.8, 4) is 11.5 Å². The van der Waals surface area contributed by atoms with Gasteiger partial charge in [-0.3, -0.25) is 4.79 Å². The lowest BCUT2D eigenvalue weighted by Gasteiger charge is -2.16. The molecule has 20 heavy (non-hydrogen) atoms. The molecule has 104 valence electrons. The number of nitrogens with zero attached hydrogens (tertiary/aromatic N) is 1. The van der Waals surface area contributed by atoms with E-state index in [-0.39, 0.29) is 18.4 Å². The highest BCUT2D eigenvalue weighted by Gasteiger charge is 2.15. The monoisotopic (exact) mass is 272 g/mol. The van der Waals surface area contributed by atoms with Gasteiger partial charge in [0.1, 0.15) is 0 Å². The zero-order valence-electron chi connectivity index (χ0n) is 11.4. The van der Waals surface area contributed by atoms with Crippen LogP contribution < -0.4 is 20.3 Å². The summed E-state index contributed by atoms with van der Waals surface area (Å²) in [4.78, 5) is 11.4. The Bertz CT molecular complexity index is 694. The van der Waals surface area contributed by atoms with Gasteiger partial charge in [-0.25, -0.2) is 0 Å². The molecule has 0 fully saturated rings. The largest absolute Gasteiger partial charge is 0.454 e. The fourth-order valence-electron chi connectivity index (χ4n) is 2.20. The summed E-state index contributed by atoms with van der Waals surface area (Å²) in [5.41, 5.74) is 1.98. The summed E-state index contributed by atoms with van der Waals surface area (Å²) in [7, 11) is 1.73. The van der Waals surface area contributed by atoms with Gasteiger partial charge in [0.15, 0.2) is 11.5 Å². The third-order valence-corrected chi connectivity index (χ3v) is 3.37. The van der Waals surface area contributed by atoms with Crippen molar-refractivity contribution in [1.82, 2.24) is 4.57 Å². The van der Waals surface area contributed by atoms with E-state index >= 15 is 0 Å². The van der Waals surface area contributed by atoms with Crippen molar-refractivity contribution >= 4 is 5.69 Å². The first kappa shape index (κ1) is 12.6. The Labute approximate surface area is 116 Å². The first-order valence-corrected chi connectivity index (χ1v) is 6.46. The zero-order valence-corrected chi connectivity index (χ0v) is 11.4. The van der Waals surface area contributed by atoms with Crippen LogP contribution in [0.15, 0.2) is 41.3 Å². The van der Waals surface area contributed by atoms with Gasteiger partial charge >= 0.3 is 0 Å². The normalized spacial score (nSPS) is 14.1. The summed E-state index contributed by atoms with van der Waals surface area (Å²) >= 11 is 0. The van der Waals surface area contributed by atoms with Crippen LogP contribution in [0.25, 0.3) is 0 Å². The molecule has 2 heterocycles. The number of aromatic nitrogens is 1. The molecule has 5 heteroatoms. The lowest BCUT2D eigenvalue weighted by Crippen LogP contribution is -2.16. The smallest absolute Gasteiger partial charge is 0.250 e. The lowest BCUT2D eigenvalue weighted by atomic mass is 10.1. The minimum absolute atomic E-state index is 0.0220. The molecule has 1 aromatic carbocycles. The van der Waals surface area contributed by atoms with Crippen molar-refractivity contribution in [3.63, 3.8) is 0 Å². The topological polar surface area (TPSA) is 52.5 Å². The minimum atomic E-state index is -0.0220. The van der Waals surface area contributed by atoms with Gasteiger partial charge in [-0.15, -0.1) is 0 Å². The third-order valence-electron chi connectivity index (χ3n) is 3.37. The number of ether oxygens (including phenoxy) is 2. The molecule has 0 bridgehead atoms. The zero-order chi connectivity index (χ0) is 14.1. The highest BCUT2D eigenvalue weighted by molar-refractivity contribution is 5.48. The molecule has 1 aromatic heterocycles. The molecule has 1 N–H and O–H groups in total. The molecule has 3 rings (SSSR count). The van der Waals surface area contributed by atoms with Gasteiger partial charge in [0.2, 0.25) is 12.4 Å². The quantitative estimate of drug-likeness (QED) is 0.931. The van der Waals surface area contributed by atoms with E-state index in [0.29, 0.717) is 0 Å². The van der Waals surface area contributed by atoms with E-state index < -0.39 is 0 Å². The van der Waals surface area contributed by atoms with Crippen LogP contribution in [0.1, 0.15) is 18.5 Å². The van der Waals surface area contributed by atoms with Crippen molar-refractivity contribution in [2.75, 3.05) is 12.1 Å². The summed E-state index contributed by atoms with van der Waals surface area (Å²) in [5.74, 6) is 1.56. The maximum atomic E-state index is 11.4. The summed E-state index contributed by atoms with van der Waals surface area (Å²) < 4.78 is 12.2. The van der Waals surface area contributed by atoms with Crippen LogP contribution in [0.5, 0.6) is 11.5 Å². The molecular formula is C15H16N2O3. The van der Waals surface area contributed by atoms with Crippen molar-refractivity contribution in [1.29, 1.82) is 0 Å². The molecule has 5 nitrogen and oxygen atoms in total. The fourth-order valence-corrected chi connectivity index (χ4v) is 2.20. The maximum absolute atomic E-state index is 11.4. The second-order valence-corrected chi connectivity index (χ2v) is 4.85. The molecule has 1 unspecified atom stereocenters. The molecule has 0 aliphatic carbocycles. The minimum Gasteiger partial charge on any atom is -0.454 e. The van der Waals surface area contributed by atoms with Gasteiger partial charge < -0.3 is 19.4 Å². The van der Waals surface area contributed by atoms with Crippen molar-refractivity contribution in [2.45, 2.75) is 13.0 Å². The van der Waals surface area contributed by atoms with Crippen molar-refractivity contribution < 1.29 is 9.47 Å². The van der Waals surface area contributed by atoms with Crippen LogP contribution in [0.3, 0.4) is 0 Å². The number of fused-ring (bicyclic) bond motifs is 1. The number of hydrogen-bond donors (Lipinski definition) is 1. The van der Waals surface area contributed by atoms with E-state index in [9.17, 15) is 4.79 Å². The average Bonchev–Trinajstić information content (AvgIpc) is 2.90. The van der Waals surface area contributed by atoms with E-state index in [4.69, 9.17) is 9.47 Å². The van der Waals surface area contributed by atoms with Gasteiger partial charge in [-0.2, -0.15) is 0 Å². The van der Waals surface area contributed by atoms with Crippen LogP contribution in [0.2, 0.25) is 0 Å². The molecule has 0 saturated heterocycles. The van der Waals surface area contributed by atoms with Gasteiger partial charge in [0.05, 0.1) is 5.69 Å². The molecule has 1 aliphatic heterocycles. The first-order valence-electron chi connectivity index (χ1n) is 6.46. The fraction of sp³-hybridized carbons (Fsp3) is 0.267. The Kier molecular flexibility index (Phi) is 3.10. The number of aryl methyl sites for hydroxylation is 1. The number of nitrogens with one attached hydrogen (secondary N) is 1. The standard InChI is InChI=1S/C15H16N2O3/c1-10(16-12-4-6-15(18)17(2)8-12)11-3-5-13-14(7-11)20-9-19-13/h3-8,10,16H,9H2,1-2H3. The summed E-state index contributed by atoms with van der Waals surface area (Å²) in [5, 5.41) is 3.36. The molecular weight excluding hydrogens is 256 g/mol. The van der Waals surface area contributed by atoms with Crippen molar-refractivity contribution in [3.05, 3.63) is 52.4 Å². The van der Waals surface area contributed by atoms with Crippen LogP contribution in [0.4, 0.5) is 5.69 Å². The summed E-state index contributed by atoms with van der Waals surface area (Å²) in [6.45, 7) is 2.34. The van der Waals surface area contributed by atoms with Gasteiger partial charge in [-0.1, -0.05) is 6.07 Å². The van der Waals surface area contributed by atoms with Gasteiger partial charge in [0, 0.05) is 25.4 Å². The van der Waals surface area contributed by atoms with E-state index in [0.717, 1.165) is 22.7 Å². The Morgan fingerprint density at radius 1 is 1.20 bits per heavy atom. The second-order valence-electron chi connectivity index (χ2n) is 4.85. The summed E-state index contributed by atoms with van der Waals surface area (Å²) in [6, 6.07) is 9.33. The number of benzene rings is 1. The Balaban J connectivity index is 1.80. The third kappa shape index (κ3) is 2.34. The van der Waals surface area contributed by atoms with Gasteiger partial charge in [-0.05, 0) is 30.7 Å². The summed E-state index contributed by atoms with van der Waals surface area (Å²) in [6.07, 6.45) is 1.78. The Hall–Kier alpha value is -2.43. The average molecular weight is 272 g/mol. The highest BCUT2D eigenvalue weighted by Crippen LogP contribution is 2.34. The second kappa shape index (κ2) is 4.92. The molecule has 2 aromatic rings. The molecule has 0 spiro atoms. The van der Waals surface area contributed by atoms with Crippen LogP contribution in [0, 0.1) is 0 Å². The Morgan fingerprint density at radius 2 is 2.00 bits per heavy atom. The van der Waals surface area contributed by atoms with E-state index in [1.807, 2.05) is 18.2 Å². The van der Waals surface area contributed by atoms with Crippen LogP contribution in [-0.4, -0.2) is 11.4 Å². The lowest BCUT2D eigenvalue weighted by molar-refractivity contribution is 0.174. The molecule has 0 radical (unpaired) electrons. The highest BCUT2D eigenvalue weighted by atomic mass is 16.7. The molecule has 1 atom stereocenters. The predicted octanol–water partition coefficient (Wildman–Crippen LogP) is 2.29. The molecule has 0 saturated carbocycles. The number of pyridine rings is 1. The van der Waals surface area contributed by atoms with Crippen molar-refractivity contribution in [2.24, 2.45) is 7.05 Å². The molecule has 0 amide bonds. The van der Waals surface area contributed by atoms with Gasteiger partial charge in [0.25, 0.3) is 0 Å². The molecule has 1 aliphatic rings. The van der Waals surface area contributed by atoms with Crippen LogP contribution >= 0.6 is 0 Å². The Morgan fingerprint density at radius 3 is 2.80 bits per heavy atom. The number of anilines is 1. The SMILES string of the molecule is CC(Nc1ccc(=O)n(C)c1)c1ccc2c(c1)OCO2. The van der Waals surface area contributed by atoms with E-state index in [1.54, 1.807) is 29.9 Å². The number of rotatable bonds is 3. The predicted molar refractivity (Wildman–Crippen MR) is 76.3 cm³/mol. The maximum Gasteiger partial charge on any atom is 0.250 e. The van der Waals surface area contributed by atoms with E-state index in [1.165, 1.54) is 0 Å².